The van der Waals surface area contributed by atoms with Crippen LogP contribution < -0.4 is 5.32 Å². The lowest BCUT2D eigenvalue weighted by atomic mass is 10.2. The Morgan fingerprint density at radius 1 is 1.20 bits per heavy atom. The van der Waals surface area contributed by atoms with E-state index in [9.17, 15) is 0 Å². The van der Waals surface area contributed by atoms with E-state index in [0.717, 1.165) is 11.3 Å². The van der Waals surface area contributed by atoms with Gasteiger partial charge in [-0.05, 0) is 38.1 Å². The number of anilines is 1. The molecular formula is C11H13N3O. The molecule has 1 aromatic heterocycles. The van der Waals surface area contributed by atoms with Crippen molar-refractivity contribution in [1.29, 1.82) is 0 Å². The predicted octanol–water partition coefficient (Wildman–Crippen LogP) is 2.56. The lowest BCUT2D eigenvalue weighted by molar-refractivity contribution is 0.430. The van der Waals surface area contributed by atoms with Crippen molar-refractivity contribution in [3.63, 3.8) is 0 Å². The summed E-state index contributed by atoms with van der Waals surface area (Å²) in [4.78, 5) is 3.98. The zero-order valence-electron chi connectivity index (χ0n) is 8.77. The van der Waals surface area contributed by atoms with Crippen LogP contribution in [0.5, 0.6) is 0 Å². The van der Waals surface area contributed by atoms with E-state index >= 15 is 0 Å². The van der Waals surface area contributed by atoms with E-state index in [-0.39, 0.29) is 0 Å². The van der Waals surface area contributed by atoms with Crippen molar-refractivity contribution in [1.82, 2.24) is 10.1 Å². The van der Waals surface area contributed by atoms with Gasteiger partial charge in [0.2, 0.25) is 0 Å². The molecule has 4 heteroatoms. The molecular weight excluding hydrogens is 190 g/mol. The van der Waals surface area contributed by atoms with Gasteiger partial charge in [0.1, 0.15) is 0 Å². The van der Waals surface area contributed by atoms with Crippen LogP contribution in [0.3, 0.4) is 0 Å². The highest BCUT2D eigenvalue weighted by molar-refractivity contribution is 5.58. The molecule has 78 valence electrons. The summed E-state index contributed by atoms with van der Waals surface area (Å²) in [5.74, 6) is 0.547. The van der Waals surface area contributed by atoms with Gasteiger partial charge in [-0.1, -0.05) is 5.16 Å². The third-order valence-electron chi connectivity index (χ3n) is 1.95. The first-order valence-corrected chi connectivity index (χ1v) is 4.89. The number of nitrogens with zero attached hydrogens (tertiary/aromatic N) is 2. The standard InChI is InChI=1S/C11H13N3O/c1-8(2)14-10-5-3-9(4-6-10)11-12-7-13-15-11/h3-8,14H,1-2H3. The summed E-state index contributed by atoms with van der Waals surface area (Å²) < 4.78 is 4.96. The van der Waals surface area contributed by atoms with Crippen LogP contribution in [-0.2, 0) is 0 Å². The molecule has 2 rings (SSSR count). The third-order valence-corrected chi connectivity index (χ3v) is 1.95. The van der Waals surface area contributed by atoms with E-state index in [2.05, 4.69) is 29.3 Å². The number of hydrogen-bond acceptors (Lipinski definition) is 4. The molecule has 0 amide bonds. The van der Waals surface area contributed by atoms with Crippen LogP contribution in [0.1, 0.15) is 13.8 Å². The lowest BCUT2D eigenvalue weighted by Crippen LogP contribution is -2.09. The summed E-state index contributed by atoms with van der Waals surface area (Å²) in [6.07, 6.45) is 1.40. The van der Waals surface area contributed by atoms with E-state index in [0.29, 0.717) is 11.9 Å². The monoisotopic (exact) mass is 203 g/mol. The van der Waals surface area contributed by atoms with Crippen molar-refractivity contribution in [3.05, 3.63) is 30.6 Å². The van der Waals surface area contributed by atoms with Gasteiger partial charge in [-0.2, -0.15) is 4.98 Å². The van der Waals surface area contributed by atoms with Gasteiger partial charge in [0, 0.05) is 17.3 Å². The van der Waals surface area contributed by atoms with Crippen molar-refractivity contribution >= 4 is 5.69 Å². The van der Waals surface area contributed by atoms with Crippen LogP contribution in [-0.4, -0.2) is 16.2 Å². The molecule has 2 aromatic rings. The molecule has 0 aliphatic heterocycles. The number of benzene rings is 1. The van der Waals surface area contributed by atoms with Crippen molar-refractivity contribution in [3.8, 4) is 11.5 Å². The summed E-state index contributed by atoms with van der Waals surface area (Å²) in [5.41, 5.74) is 2.02. The first-order valence-electron chi connectivity index (χ1n) is 4.89. The summed E-state index contributed by atoms with van der Waals surface area (Å²) >= 11 is 0. The minimum Gasteiger partial charge on any atom is -0.383 e. The zero-order chi connectivity index (χ0) is 10.7. The van der Waals surface area contributed by atoms with Crippen molar-refractivity contribution < 1.29 is 4.52 Å². The third kappa shape index (κ3) is 2.34. The Bertz CT molecular complexity index is 406. The quantitative estimate of drug-likeness (QED) is 0.832. The summed E-state index contributed by atoms with van der Waals surface area (Å²) in [7, 11) is 0. The van der Waals surface area contributed by atoms with E-state index in [1.165, 1.54) is 6.33 Å². The minimum atomic E-state index is 0.430. The topological polar surface area (TPSA) is 51.0 Å². The van der Waals surface area contributed by atoms with E-state index in [4.69, 9.17) is 4.52 Å². The molecule has 0 fully saturated rings. The molecule has 1 N–H and O–H groups in total. The van der Waals surface area contributed by atoms with Crippen molar-refractivity contribution in [2.45, 2.75) is 19.9 Å². The molecule has 1 heterocycles. The maximum Gasteiger partial charge on any atom is 0.257 e. The molecule has 0 radical (unpaired) electrons. The Balaban J connectivity index is 2.17. The molecule has 0 bridgehead atoms. The summed E-state index contributed by atoms with van der Waals surface area (Å²) in [6.45, 7) is 4.21. The minimum absolute atomic E-state index is 0.430. The first kappa shape index (κ1) is 9.71. The van der Waals surface area contributed by atoms with Gasteiger partial charge in [0.15, 0.2) is 6.33 Å². The van der Waals surface area contributed by atoms with Gasteiger partial charge in [0.25, 0.3) is 5.89 Å². The highest BCUT2D eigenvalue weighted by Gasteiger charge is 2.03. The SMILES string of the molecule is CC(C)Nc1ccc(-c2ncno2)cc1. The number of hydrogen-bond donors (Lipinski definition) is 1. The van der Waals surface area contributed by atoms with Crippen LogP contribution in [0.25, 0.3) is 11.5 Å². The molecule has 0 spiro atoms. The maximum absolute atomic E-state index is 4.96. The fraction of sp³-hybridized carbons (Fsp3) is 0.273. The second-order valence-electron chi connectivity index (χ2n) is 3.62. The van der Waals surface area contributed by atoms with Gasteiger partial charge in [0.05, 0.1) is 0 Å². The van der Waals surface area contributed by atoms with Gasteiger partial charge in [-0.25, -0.2) is 0 Å². The van der Waals surface area contributed by atoms with Gasteiger partial charge >= 0.3 is 0 Å². The van der Waals surface area contributed by atoms with Crippen molar-refractivity contribution in [2.24, 2.45) is 0 Å². The molecule has 0 saturated carbocycles. The van der Waals surface area contributed by atoms with Crippen molar-refractivity contribution in [2.75, 3.05) is 5.32 Å². The first-order chi connectivity index (χ1) is 7.25. The Labute approximate surface area is 88.3 Å². The highest BCUT2D eigenvalue weighted by atomic mass is 16.5. The van der Waals surface area contributed by atoms with Gasteiger partial charge < -0.3 is 9.84 Å². The average Bonchev–Trinajstić information content (AvgIpc) is 2.71. The highest BCUT2D eigenvalue weighted by Crippen LogP contribution is 2.18. The molecule has 0 atom stereocenters. The molecule has 0 aliphatic rings. The number of aromatic nitrogens is 2. The van der Waals surface area contributed by atoms with E-state index < -0.39 is 0 Å². The van der Waals surface area contributed by atoms with E-state index in [1.807, 2.05) is 24.3 Å². The summed E-state index contributed by atoms with van der Waals surface area (Å²) in [6, 6.07) is 8.34. The van der Waals surface area contributed by atoms with Gasteiger partial charge in [-0.15, -0.1) is 0 Å². The Morgan fingerprint density at radius 2 is 1.93 bits per heavy atom. The fourth-order valence-electron chi connectivity index (χ4n) is 1.34. The predicted molar refractivity (Wildman–Crippen MR) is 58.5 cm³/mol. The Morgan fingerprint density at radius 3 is 2.47 bits per heavy atom. The van der Waals surface area contributed by atoms with Gasteiger partial charge in [-0.3, -0.25) is 0 Å². The molecule has 0 aliphatic carbocycles. The fourth-order valence-corrected chi connectivity index (χ4v) is 1.34. The van der Waals surface area contributed by atoms with Crippen LogP contribution in [0, 0.1) is 0 Å². The molecule has 0 saturated heterocycles. The zero-order valence-corrected chi connectivity index (χ0v) is 8.77. The lowest BCUT2D eigenvalue weighted by Gasteiger charge is -2.09. The number of nitrogens with one attached hydrogen (secondary N) is 1. The number of rotatable bonds is 3. The molecule has 1 aromatic carbocycles. The Kier molecular flexibility index (Phi) is 2.67. The van der Waals surface area contributed by atoms with Crippen LogP contribution in [0.4, 0.5) is 5.69 Å². The molecule has 4 nitrogen and oxygen atoms in total. The van der Waals surface area contributed by atoms with Crippen LogP contribution >= 0.6 is 0 Å². The molecule has 15 heavy (non-hydrogen) atoms. The summed E-state index contributed by atoms with van der Waals surface area (Å²) in [5, 5.41) is 6.88. The van der Waals surface area contributed by atoms with E-state index in [1.54, 1.807) is 0 Å². The Hall–Kier alpha value is -1.84. The normalized spacial score (nSPS) is 10.6. The van der Waals surface area contributed by atoms with Crippen LogP contribution in [0.2, 0.25) is 0 Å². The molecule has 0 unspecified atom stereocenters. The second kappa shape index (κ2) is 4.13. The smallest absolute Gasteiger partial charge is 0.257 e. The average molecular weight is 203 g/mol. The second-order valence-corrected chi connectivity index (χ2v) is 3.62. The largest absolute Gasteiger partial charge is 0.383 e. The van der Waals surface area contributed by atoms with Crippen LogP contribution in [0.15, 0.2) is 35.1 Å². The maximum atomic E-state index is 4.96.